The zero-order valence-corrected chi connectivity index (χ0v) is 13.4. The molecule has 1 heterocycles. The Bertz CT molecular complexity index is 631. The molecule has 1 aromatic rings. The minimum absolute atomic E-state index is 0.0689. The van der Waals surface area contributed by atoms with Gasteiger partial charge in [-0.25, -0.2) is 0 Å². The van der Waals surface area contributed by atoms with Crippen molar-refractivity contribution in [3.8, 4) is 0 Å². The molecule has 1 aliphatic heterocycles. The zero-order valence-electron chi connectivity index (χ0n) is 11.1. The SMILES string of the molecule is O=C1CC(CS(=O)(=O)F)CN1CCc1cc(Cl)cc(Cl)c1. The maximum Gasteiger partial charge on any atom is 0.302 e. The maximum atomic E-state index is 12.6. The van der Waals surface area contributed by atoms with Gasteiger partial charge < -0.3 is 4.90 Å². The van der Waals surface area contributed by atoms with Crippen molar-refractivity contribution in [2.45, 2.75) is 12.8 Å². The van der Waals surface area contributed by atoms with Crippen molar-refractivity contribution in [2.75, 3.05) is 18.8 Å². The van der Waals surface area contributed by atoms with Crippen molar-refractivity contribution in [3.63, 3.8) is 0 Å². The second-order valence-corrected chi connectivity index (χ2v) is 7.43. The lowest BCUT2D eigenvalue weighted by atomic mass is 10.1. The van der Waals surface area contributed by atoms with Crippen LogP contribution in [0.1, 0.15) is 12.0 Å². The lowest BCUT2D eigenvalue weighted by Gasteiger charge is -2.16. The van der Waals surface area contributed by atoms with Crippen LogP contribution in [-0.2, 0) is 21.4 Å². The highest BCUT2D eigenvalue weighted by Crippen LogP contribution is 2.22. The molecule has 21 heavy (non-hydrogen) atoms. The number of carbonyl (C=O) groups is 1. The number of benzene rings is 1. The van der Waals surface area contributed by atoms with E-state index in [0.29, 0.717) is 23.0 Å². The van der Waals surface area contributed by atoms with Gasteiger partial charge >= 0.3 is 10.2 Å². The number of likely N-dealkylation sites (tertiary alicyclic amines) is 1. The van der Waals surface area contributed by atoms with Gasteiger partial charge in [0, 0.05) is 35.5 Å². The van der Waals surface area contributed by atoms with Crippen molar-refractivity contribution < 1.29 is 17.1 Å². The van der Waals surface area contributed by atoms with Gasteiger partial charge in [0.05, 0.1) is 5.75 Å². The molecule has 1 atom stereocenters. The maximum absolute atomic E-state index is 12.6. The number of rotatable bonds is 5. The Hall–Kier alpha value is -0.850. The Balaban J connectivity index is 1.93. The third kappa shape index (κ3) is 5.13. The van der Waals surface area contributed by atoms with Crippen LogP contribution < -0.4 is 0 Å². The number of nitrogens with zero attached hydrogens (tertiary/aromatic N) is 1. The van der Waals surface area contributed by atoms with Gasteiger partial charge in [-0.3, -0.25) is 4.79 Å². The Morgan fingerprint density at radius 2 is 1.86 bits per heavy atom. The Morgan fingerprint density at radius 3 is 2.43 bits per heavy atom. The molecule has 1 amide bonds. The molecular weight excluding hydrogens is 340 g/mol. The average molecular weight is 354 g/mol. The molecule has 1 saturated heterocycles. The van der Waals surface area contributed by atoms with E-state index >= 15 is 0 Å². The van der Waals surface area contributed by atoms with Crippen LogP contribution in [0, 0.1) is 5.92 Å². The summed E-state index contributed by atoms with van der Waals surface area (Å²) in [6, 6.07) is 5.14. The van der Waals surface area contributed by atoms with Crippen LogP contribution in [-0.4, -0.2) is 38.1 Å². The summed E-state index contributed by atoms with van der Waals surface area (Å²) in [5.41, 5.74) is 0.891. The minimum atomic E-state index is -4.55. The van der Waals surface area contributed by atoms with E-state index in [4.69, 9.17) is 23.2 Å². The van der Waals surface area contributed by atoms with E-state index in [0.717, 1.165) is 5.56 Å². The van der Waals surface area contributed by atoms with Crippen LogP contribution in [0.3, 0.4) is 0 Å². The van der Waals surface area contributed by atoms with Crippen LogP contribution in [0.25, 0.3) is 0 Å². The minimum Gasteiger partial charge on any atom is -0.342 e. The predicted molar refractivity (Wildman–Crippen MR) is 79.7 cm³/mol. The second-order valence-electron chi connectivity index (χ2n) is 5.14. The van der Waals surface area contributed by atoms with Gasteiger partial charge in [0.15, 0.2) is 0 Å². The highest BCUT2D eigenvalue weighted by molar-refractivity contribution is 7.86. The predicted octanol–water partition coefficient (Wildman–Crippen LogP) is 2.68. The van der Waals surface area contributed by atoms with E-state index in [1.807, 2.05) is 0 Å². The fourth-order valence-corrected chi connectivity index (χ4v) is 3.84. The highest BCUT2D eigenvalue weighted by Gasteiger charge is 2.32. The number of hydrogen-bond acceptors (Lipinski definition) is 3. The number of hydrogen-bond donors (Lipinski definition) is 0. The van der Waals surface area contributed by atoms with E-state index in [9.17, 15) is 17.1 Å². The van der Waals surface area contributed by atoms with Gasteiger partial charge in [0.25, 0.3) is 0 Å². The van der Waals surface area contributed by atoms with Crippen molar-refractivity contribution in [1.29, 1.82) is 0 Å². The fourth-order valence-electron chi connectivity index (χ4n) is 2.48. The quantitative estimate of drug-likeness (QED) is 0.764. The zero-order chi connectivity index (χ0) is 15.6. The van der Waals surface area contributed by atoms with Crippen molar-refractivity contribution >= 4 is 39.3 Å². The molecule has 0 saturated carbocycles. The highest BCUT2D eigenvalue weighted by atomic mass is 35.5. The Morgan fingerprint density at radius 1 is 1.24 bits per heavy atom. The lowest BCUT2D eigenvalue weighted by Crippen LogP contribution is -2.28. The van der Waals surface area contributed by atoms with E-state index in [-0.39, 0.29) is 18.9 Å². The van der Waals surface area contributed by atoms with Gasteiger partial charge in [-0.2, -0.15) is 8.42 Å². The summed E-state index contributed by atoms with van der Waals surface area (Å²) in [6.07, 6.45) is 0.626. The summed E-state index contributed by atoms with van der Waals surface area (Å²) in [5, 5.41) is 1.04. The first kappa shape index (κ1) is 16.5. The summed E-state index contributed by atoms with van der Waals surface area (Å²) in [6.45, 7) is 0.689. The van der Waals surface area contributed by atoms with Gasteiger partial charge in [-0.1, -0.05) is 23.2 Å². The molecule has 1 unspecified atom stereocenters. The Labute approximate surface area is 133 Å². The normalized spacial score (nSPS) is 19.3. The first-order valence-electron chi connectivity index (χ1n) is 6.38. The number of amides is 1. The molecule has 1 aliphatic rings. The molecule has 2 rings (SSSR count). The molecule has 1 aromatic carbocycles. The molecular formula is C13H14Cl2FNO3S. The van der Waals surface area contributed by atoms with Crippen LogP contribution in [0.15, 0.2) is 18.2 Å². The standard InChI is InChI=1S/C13H14Cl2FNO3S/c14-11-3-9(4-12(15)6-11)1-2-17-7-10(5-13(17)18)8-21(16,19)20/h3-4,6,10H,1-2,5,7-8H2. The average Bonchev–Trinajstić information content (AvgIpc) is 2.63. The third-order valence-corrected chi connectivity index (χ3v) is 4.63. The molecule has 0 radical (unpaired) electrons. The summed E-state index contributed by atoms with van der Waals surface area (Å²) < 4.78 is 33.9. The molecule has 0 N–H and O–H groups in total. The van der Waals surface area contributed by atoms with Crippen LogP contribution >= 0.6 is 23.2 Å². The van der Waals surface area contributed by atoms with Crippen LogP contribution in [0.2, 0.25) is 10.0 Å². The van der Waals surface area contributed by atoms with Crippen molar-refractivity contribution in [1.82, 2.24) is 4.90 Å². The van der Waals surface area contributed by atoms with Gasteiger partial charge in [-0.15, -0.1) is 3.89 Å². The molecule has 0 bridgehead atoms. The Kier molecular flexibility index (Phi) is 5.11. The molecule has 0 spiro atoms. The molecule has 4 nitrogen and oxygen atoms in total. The molecule has 0 aromatic heterocycles. The van der Waals surface area contributed by atoms with Gasteiger partial charge in [0.2, 0.25) is 5.91 Å². The van der Waals surface area contributed by atoms with Crippen molar-refractivity contribution in [3.05, 3.63) is 33.8 Å². The number of carbonyl (C=O) groups excluding carboxylic acids is 1. The molecule has 116 valence electrons. The number of halogens is 3. The summed E-state index contributed by atoms with van der Waals surface area (Å²) in [4.78, 5) is 13.3. The van der Waals surface area contributed by atoms with E-state index in [2.05, 4.69) is 0 Å². The lowest BCUT2D eigenvalue weighted by molar-refractivity contribution is -0.127. The summed E-state index contributed by atoms with van der Waals surface area (Å²) in [5.74, 6) is -1.23. The van der Waals surface area contributed by atoms with Gasteiger partial charge in [0.1, 0.15) is 0 Å². The molecule has 1 fully saturated rings. The largest absolute Gasteiger partial charge is 0.342 e. The molecule has 0 aliphatic carbocycles. The van der Waals surface area contributed by atoms with Crippen molar-refractivity contribution in [2.24, 2.45) is 5.92 Å². The van der Waals surface area contributed by atoms with E-state index in [1.165, 1.54) is 0 Å². The summed E-state index contributed by atoms with van der Waals surface area (Å²) in [7, 11) is -4.55. The summed E-state index contributed by atoms with van der Waals surface area (Å²) >= 11 is 11.8. The first-order valence-corrected chi connectivity index (χ1v) is 8.69. The third-order valence-electron chi connectivity index (χ3n) is 3.32. The van der Waals surface area contributed by atoms with Gasteiger partial charge in [-0.05, 0) is 30.2 Å². The smallest absolute Gasteiger partial charge is 0.302 e. The van der Waals surface area contributed by atoms with E-state index < -0.39 is 21.9 Å². The monoisotopic (exact) mass is 353 g/mol. The van der Waals surface area contributed by atoms with Crippen LogP contribution in [0.5, 0.6) is 0 Å². The fraction of sp³-hybridized carbons (Fsp3) is 0.462. The first-order chi connectivity index (χ1) is 9.73. The molecule has 8 heteroatoms. The second kappa shape index (κ2) is 6.50. The van der Waals surface area contributed by atoms with Crippen LogP contribution in [0.4, 0.5) is 3.89 Å². The van der Waals surface area contributed by atoms with E-state index in [1.54, 1.807) is 23.1 Å². The topological polar surface area (TPSA) is 54.5 Å².